The standard InChI is InChI=1S/C27H25ClN4O3S2/c28-23-4-1-3-16-6-9-18(13-21(16)23)31-26(33)22-14-20(22)17-7-10-19(11-8-17)37(34,35)32-27-30-15-25(36-27)24-5-2-12-29-24/h1,3-4,6-11,13,15,20,22,24,29H,2,5,12,14H2,(H,30,32)(H,31,33)/t20-,22+,24?/m0/s1. The largest absolute Gasteiger partial charge is 0.326 e. The second kappa shape index (κ2) is 9.72. The topological polar surface area (TPSA) is 100 Å². The van der Waals surface area contributed by atoms with Gasteiger partial charge in [0.05, 0.1) is 4.90 Å². The molecule has 0 spiro atoms. The van der Waals surface area contributed by atoms with E-state index in [1.807, 2.05) is 36.4 Å². The zero-order chi connectivity index (χ0) is 25.6. The van der Waals surface area contributed by atoms with Crippen molar-refractivity contribution in [3.8, 4) is 0 Å². The van der Waals surface area contributed by atoms with Gasteiger partial charge in [-0.15, -0.1) is 0 Å². The van der Waals surface area contributed by atoms with Crippen LogP contribution in [0.15, 0.2) is 71.8 Å². The Bertz CT molecular complexity index is 1580. The predicted molar refractivity (Wildman–Crippen MR) is 148 cm³/mol. The molecule has 37 heavy (non-hydrogen) atoms. The van der Waals surface area contributed by atoms with E-state index in [1.54, 1.807) is 30.5 Å². The lowest BCUT2D eigenvalue weighted by molar-refractivity contribution is -0.117. The molecule has 1 aliphatic heterocycles. The van der Waals surface area contributed by atoms with Crippen LogP contribution in [-0.4, -0.2) is 25.9 Å². The van der Waals surface area contributed by atoms with Crippen LogP contribution in [0.4, 0.5) is 10.8 Å². The summed E-state index contributed by atoms with van der Waals surface area (Å²) >= 11 is 7.66. The number of sulfonamides is 1. The molecule has 3 atom stereocenters. The molecule has 6 rings (SSSR count). The molecule has 1 unspecified atom stereocenters. The highest BCUT2D eigenvalue weighted by atomic mass is 35.5. The van der Waals surface area contributed by atoms with Gasteiger partial charge >= 0.3 is 0 Å². The maximum absolute atomic E-state index is 12.9. The number of nitrogens with one attached hydrogen (secondary N) is 3. The van der Waals surface area contributed by atoms with Gasteiger partial charge in [0, 0.05) is 39.1 Å². The number of aromatic nitrogens is 1. The Kier molecular flexibility index (Phi) is 6.40. The van der Waals surface area contributed by atoms with Crippen LogP contribution >= 0.6 is 22.9 Å². The SMILES string of the molecule is O=C(Nc1ccc2cccc(Cl)c2c1)[C@@H]1C[C@H]1c1ccc(S(=O)(=O)Nc2ncc(C3CCCN3)s2)cc1. The lowest BCUT2D eigenvalue weighted by Gasteiger charge is -2.08. The molecule has 0 radical (unpaired) electrons. The highest BCUT2D eigenvalue weighted by Crippen LogP contribution is 2.48. The molecule has 2 aliphatic rings. The molecule has 1 saturated heterocycles. The maximum atomic E-state index is 12.9. The highest BCUT2D eigenvalue weighted by molar-refractivity contribution is 7.93. The normalized spacial score (nSPS) is 21.2. The van der Waals surface area contributed by atoms with Crippen molar-refractivity contribution in [1.82, 2.24) is 10.3 Å². The third-order valence-corrected chi connectivity index (χ3v) is 9.83. The van der Waals surface area contributed by atoms with Gasteiger partial charge in [0.15, 0.2) is 5.13 Å². The lowest BCUT2D eigenvalue weighted by atomic mass is 10.1. The van der Waals surface area contributed by atoms with Crippen LogP contribution in [-0.2, 0) is 14.8 Å². The first-order valence-corrected chi connectivity index (χ1v) is 14.9. The summed E-state index contributed by atoms with van der Waals surface area (Å²) < 4.78 is 28.4. The summed E-state index contributed by atoms with van der Waals surface area (Å²) in [5, 5.41) is 9.30. The fourth-order valence-corrected chi connectivity index (χ4v) is 7.30. The van der Waals surface area contributed by atoms with Gasteiger partial charge in [-0.3, -0.25) is 9.52 Å². The van der Waals surface area contributed by atoms with Gasteiger partial charge in [-0.1, -0.05) is 53.3 Å². The minimum Gasteiger partial charge on any atom is -0.326 e. The van der Waals surface area contributed by atoms with E-state index in [0.717, 1.165) is 47.0 Å². The summed E-state index contributed by atoms with van der Waals surface area (Å²) in [5.41, 5.74) is 1.65. The van der Waals surface area contributed by atoms with Crippen LogP contribution in [0.2, 0.25) is 5.02 Å². The van der Waals surface area contributed by atoms with E-state index in [9.17, 15) is 13.2 Å². The fourth-order valence-electron chi connectivity index (χ4n) is 4.89. The maximum Gasteiger partial charge on any atom is 0.263 e. The molecule has 2 fully saturated rings. The second-order valence-electron chi connectivity index (χ2n) is 9.50. The molecule has 3 N–H and O–H groups in total. The van der Waals surface area contributed by atoms with Crippen molar-refractivity contribution in [2.45, 2.75) is 36.1 Å². The van der Waals surface area contributed by atoms with Crippen LogP contribution < -0.4 is 15.4 Å². The number of carbonyl (C=O) groups excluding carboxylic acids is 1. The quantitative estimate of drug-likeness (QED) is 0.264. The number of anilines is 2. The van der Waals surface area contributed by atoms with Gasteiger partial charge in [0.25, 0.3) is 10.0 Å². The van der Waals surface area contributed by atoms with Gasteiger partial charge in [-0.05, 0) is 73.0 Å². The van der Waals surface area contributed by atoms with Gasteiger partial charge in [0.2, 0.25) is 5.91 Å². The average Bonchev–Trinajstić information content (AvgIpc) is 3.26. The lowest BCUT2D eigenvalue weighted by Crippen LogP contribution is -2.14. The summed E-state index contributed by atoms with van der Waals surface area (Å²) in [7, 11) is -3.75. The molecule has 2 heterocycles. The van der Waals surface area contributed by atoms with Gasteiger partial charge < -0.3 is 10.6 Å². The van der Waals surface area contributed by atoms with Crippen molar-refractivity contribution in [2.75, 3.05) is 16.6 Å². The highest BCUT2D eigenvalue weighted by Gasteiger charge is 2.44. The monoisotopic (exact) mass is 552 g/mol. The number of hydrogen-bond donors (Lipinski definition) is 3. The Morgan fingerprint density at radius 2 is 1.95 bits per heavy atom. The molecule has 0 bridgehead atoms. The fraction of sp³-hybridized carbons (Fsp3) is 0.259. The van der Waals surface area contributed by atoms with E-state index < -0.39 is 10.0 Å². The molecule has 10 heteroatoms. The summed E-state index contributed by atoms with van der Waals surface area (Å²) in [6.45, 7) is 0.970. The third kappa shape index (κ3) is 5.09. The number of benzene rings is 3. The van der Waals surface area contributed by atoms with Crippen LogP contribution in [0.3, 0.4) is 0 Å². The van der Waals surface area contributed by atoms with Crippen LogP contribution in [0, 0.1) is 5.92 Å². The van der Waals surface area contributed by atoms with Crippen molar-refractivity contribution in [3.63, 3.8) is 0 Å². The zero-order valence-corrected chi connectivity index (χ0v) is 22.2. The minimum atomic E-state index is -3.75. The summed E-state index contributed by atoms with van der Waals surface area (Å²) in [6.07, 6.45) is 4.60. The first kappa shape index (κ1) is 24.4. The van der Waals surface area contributed by atoms with E-state index >= 15 is 0 Å². The molecule has 1 amide bonds. The smallest absolute Gasteiger partial charge is 0.263 e. The van der Waals surface area contributed by atoms with Crippen molar-refractivity contribution in [3.05, 3.63) is 82.3 Å². The number of thiazole rings is 1. The second-order valence-corrected chi connectivity index (χ2v) is 12.7. The molecule has 4 aromatic rings. The molecule has 3 aromatic carbocycles. The molecule has 1 aromatic heterocycles. The van der Waals surface area contributed by atoms with Crippen LogP contribution in [0.5, 0.6) is 0 Å². The zero-order valence-electron chi connectivity index (χ0n) is 19.8. The Morgan fingerprint density at radius 1 is 1.11 bits per heavy atom. The Labute approximate surface area is 224 Å². The van der Waals surface area contributed by atoms with Crippen molar-refractivity contribution in [2.24, 2.45) is 5.92 Å². The first-order valence-electron chi connectivity index (χ1n) is 12.2. The van der Waals surface area contributed by atoms with Crippen molar-refractivity contribution >= 4 is 60.5 Å². The van der Waals surface area contributed by atoms with Gasteiger partial charge in [-0.25, -0.2) is 13.4 Å². The Balaban J connectivity index is 1.09. The molecule has 1 aliphatic carbocycles. The Hall–Kier alpha value is -2.98. The summed E-state index contributed by atoms with van der Waals surface area (Å²) in [5.74, 6) is -0.138. The van der Waals surface area contributed by atoms with E-state index in [2.05, 4.69) is 20.3 Å². The van der Waals surface area contributed by atoms with E-state index in [1.165, 1.54) is 11.3 Å². The number of carbonyl (C=O) groups is 1. The van der Waals surface area contributed by atoms with Gasteiger partial charge in [-0.2, -0.15) is 0 Å². The summed E-state index contributed by atoms with van der Waals surface area (Å²) in [4.78, 5) is 18.3. The van der Waals surface area contributed by atoms with E-state index in [-0.39, 0.29) is 28.7 Å². The van der Waals surface area contributed by atoms with E-state index in [4.69, 9.17) is 11.6 Å². The molecule has 7 nitrogen and oxygen atoms in total. The Morgan fingerprint density at radius 3 is 2.73 bits per heavy atom. The minimum absolute atomic E-state index is 0.0499. The average molecular weight is 553 g/mol. The number of fused-ring (bicyclic) bond motifs is 1. The molecule has 1 saturated carbocycles. The van der Waals surface area contributed by atoms with Crippen LogP contribution in [0.25, 0.3) is 10.8 Å². The van der Waals surface area contributed by atoms with Crippen molar-refractivity contribution < 1.29 is 13.2 Å². The number of hydrogen-bond acceptors (Lipinski definition) is 6. The summed E-state index contributed by atoms with van der Waals surface area (Å²) in [6, 6.07) is 18.4. The van der Waals surface area contributed by atoms with Gasteiger partial charge in [0.1, 0.15) is 0 Å². The number of rotatable bonds is 7. The molecule has 190 valence electrons. The number of halogens is 1. The van der Waals surface area contributed by atoms with Crippen molar-refractivity contribution in [1.29, 1.82) is 0 Å². The van der Waals surface area contributed by atoms with E-state index in [0.29, 0.717) is 15.8 Å². The first-order chi connectivity index (χ1) is 17.9. The predicted octanol–water partition coefficient (Wildman–Crippen LogP) is 5.92. The number of amides is 1. The molecular formula is C27H25ClN4O3S2. The molecular weight excluding hydrogens is 528 g/mol. The van der Waals surface area contributed by atoms with Crippen LogP contribution in [0.1, 0.15) is 41.7 Å². The third-order valence-electron chi connectivity index (χ3n) is 6.99. The number of nitrogens with zero attached hydrogens (tertiary/aromatic N) is 1.